The second-order valence-corrected chi connectivity index (χ2v) is 6.14. The summed E-state index contributed by atoms with van der Waals surface area (Å²) in [6.45, 7) is 0. The molecule has 0 spiro atoms. The first-order valence-corrected chi connectivity index (χ1v) is 8.34. The molecule has 118 valence electrons. The van der Waals surface area contributed by atoms with Crippen molar-refractivity contribution < 1.29 is 14.6 Å². The summed E-state index contributed by atoms with van der Waals surface area (Å²) >= 11 is 1.88. The number of thioether (sulfide) groups is 1. The summed E-state index contributed by atoms with van der Waals surface area (Å²) in [7, 11) is 0. The van der Waals surface area contributed by atoms with Gasteiger partial charge < -0.3 is 9.84 Å². The molecule has 2 aromatic rings. The average Bonchev–Trinajstić information content (AvgIpc) is 2.52. The van der Waals surface area contributed by atoms with Gasteiger partial charge in [-0.2, -0.15) is 16.9 Å². The Hall–Kier alpha value is -2.47. The van der Waals surface area contributed by atoms with Crippen molar-refractivity contribution >= 4 is 23.9 Å². The van der Waals surface area contributed by atoms with Crippen LogP contribution in [0.3, 0.4) is 0 Å². The predicted molar refractivity (Wildman–Crippen MR) is 91.4 cm³/mol. The van der Waals surface area contributed by atoms with E-state index in [2.05, 4.69) is 10.5 Å². The number of ether oxygens (including phenoxy) is 1. The highest BCUT2D eigenvalue weighted by molar-refractivity contribution is 8.00. The van der Waals surface area contributed by atoms with E-state index in [9.17, 15) is 9.90 Å². The Kier molecular flexibility index (Phi) is 4.83. The van der Waals surface area contributed by atoms with Crippen molar-refractivity contribution in [2.75, 3.05) is 11.5 Å². The van der Waals surface area contributed by atoms with Crippen molar-refractivity contribution in [3.63, 3.8) is 0 Å². The minimum Gasteiger partial charge on any atom is -0.507 e. The van der Waals surface area contributed by atoms with Gasteiger partial charge in [0.15, 0.2) is 0 Å². The monoisotopic (exact) mass is 328 g/mol. The number of phenolic OH excluding ortho intramolecular Hbond substituents is 1. The van der Waals surface area contributed by atoms with Gasteiger partial charge in [0.1, 0.15) is 17.6 Å². The van der Waals surface area contributed by atoms with Crippen molar-refractivity contribution in [3.8, 4) is 11.5 Å². The van der Waals surface area contributed by atoms with Crippen LogP contribution in [0.5, 0.6) is 11.5 Å². The van der Waals surface area contributed by atoms with Crippen LogP contribution in [0.25, 0.3) is 0 Å². The number of carbonyl (C=O) groups excluding carboxylic acids is 1. The lowest BCUT2D eigenvalue weighted by molar-refractivity contribution is 0.0952. The lowest BCUT2D eigenvalue weighted by atomic mass is 10.2. The molecule has 0 unspecified atom stereocenters. The maximum absolute atomic E-state index is 11.9. The minimum absolute atomic E-state index is 0.0733. The number of hydrogen-bond donors (Lipinski definition) is 2. The number of para-hydroxylation sites is 1. The molecule has 0 radical (unpaired) electrons. The quantitative estimate of drug-likeness (QED) is 0.654. The molecule has 1 fully saturated rings. The van der Waals surface area contributed by atoms with Gasteiger partial charge in [-0.25, -0.2) is 5.43 Å². The summed E-state index contributed by atoms with van der Waals surface area (Å²) < 4.78 is 5.76. The van der Waals surface area contributed by atoms with Gasteiger partial charge >= 0.3 is 0 Å². The number of benzene rings is 2. The molecule has 6 heteroatoms. The molecule has 0 atom stereocenters. The van der Waals surface area contributed by atoms with Crippen molar-refractivity contribution in [1.29, 1.82) is 0 Å². The van der Waals surface area contributed by atoms with E-state index in [0.717, 1.165) is 22.8 Å². The largest absolute Gasteiger partial charge is 0.507 e. The number of carbonyl (C=O) groups is 1. The van der Waals surface area contributed by atoms with E-state index in [1.165, 1.54) is 12.1 Å². The molecule has 5 nitrogen and oxygen atoms in total. The Labute approximate surface area is 138 Å². The van der Waals surface area contributed by atoms with Gasteiger partial charge in [0, 0.05) is 11.5 Å². The molecule has 3 rings (SSSR count). The molecule has 23 heavy (non-hydrogen) atoms. The maximum atomic E-state index is 11.9. The summed E-state index contributed by atoms with van der Waals surface area (Å²) in [5.41, 5.74) is 3.42. The standard InChI is InChI=1S/C17H16N2O3S/c20-16-4-2-1-3-15(16)17(21)19-18-9-12-5-7-13(8-6-12)22-14-10-23-11-14/h1-9,14,20H,10-11H2,(H,19,21)/b18-9-. The van der Waals surface area contributed by atoms with E-state index in [0.29, 0.717) is 6.10 Å². The first-order valence-electron chi connectivity index (χ1n) is 7.18. The lowest BCUT2D eigenvalue weighted by Gasteiger charge is -2.25. The molecule has 0 aromatic heterocycles. The number of phenols is 1. The van der Waals surface area contributed by atoms with Crippen LogP contribution in [0.15, 0.2) is 53.6 Å². The molecule has 0 saturated carbocycles. The van der Waals surface area contributed by atoms with Gasteiger partial charge in [-0.15, -0.1) is 0 Å². The second-order valence-electron chi connectivity index (χ2n) is 5.06. The molecule has 1 amide bonds. The number of nitrogens with one attached hydrogen (secondary N) is 1. The van der Waals surface area contributed by atoms with Gasteiger partial charge in [-0.05, 0) is 42.0 Å². The Morgan fingerprint density at radius 2 is 1.96 bits per heavy atom. The van der Waals surface area contributed by atoms with Crippen LogP contribution in [0.2, 0.25) is 0 Å². The van der Waals surface area contributed by atoms with Crippen LogP contribution in [0.4, 0.5) is 0 Å². The highest BCUT2D eigenvalue weighted by Crippen LogP contribution is 2.23. The van der Waals surface area contributed by atoms with Crippen molar-refractivity contribution in [2.45, 2.75) is 6.10 Å². The highest BCUT2D eigenvalue weighted by Gasteiger charge is 2.19. The molecule has 1 aliphatic rings. The van der Waals surface area contributed by atoms with Crippen molar-refractivity contribution in [1.82, 2.24) is 5.43 Å². The molecule has 2 aromatic carbocycles. The van der Waals surface area contributed by atoms with Gasteiger partial charge in [-0.1, -0.05) is 12.1 Å². The van der Waals surface area contributed by atoms with Crippen LogP contribution in [0, 0.1) is 0 Å². The zero-order chi connectivity index (χ0) is 16.1. The fourth-order valence-corrected chi connectivity index (χ4v) is 2.56. The zero-order valence-electron chi connectivity index (χ0n) is 12.3. The van der Waals surface area contributed by atoms with E-state index >= 15 is 0 Å². The molecular formula is C17H16N2O3S. The number of hydrazone groups is 1. The van der Waals surface area contributed by atoms with E-state index in [1.807, 2.05) is 36.0 Å². The van der Waals surface area contributed by atoms with Crippen LogP contribution < -0.4 is 10.2 Å². The topological polar surface area (TPSA) is 70.9 Å². The van der Waals surface area contributed by atoms with Gasteiger partial charge in [0.2, 0.25) is 0 Å². The van der Waals surface area contributed by atoms with Crippen LogP contribution in [-0.2, 0) is 0 Å². The van der Waals surface area contributed by atoms with E-state index in [4.69, 9.17) is 4.74 Å². The zero-order valence-corrected chi connectivity index (χ0v) is 13.1. The maximum Gasteiger partial charge on any atom is 0.275 e. The van der Waals surface area contributed by atoms with Crippen LogP contribution >= 0.6 is 11.8 Å². The van der Waals surface area contributed by atoms with Gasteiger partial charge in [0.05, 0.1) is 11.8 Å². The molecule has 1 saturated heterocycles. The van der Waals surface area contributed by atoms with Crippen molar-refractivity contribution in [2.24, 2.45) is 5.10 Å². The first kappa shape index (κ1) is 15.4. The SMILES string of the molecule is O=C(N/N=C\c1ccc(OC2CSC2)cc1)c1ccccc1O. The predicted octanol–water partition coefficient (Wildman–Crippen LogP) is 2.65. The fraction of sp³-hybridized carbons (Fsp3) is 0.176. The Morgan fingerprint density at radius 3 is 2.61 bits per heavy atom. The van der Waals surface area contributed by atoms with E-state index < -0.39 is 5.91 Å². The number of nitrogens with zero attached hydrogens (tertiary/aromatic N) is 1. The second kappa shape index (κ2) is 7.19. The van der Waals surface area contributed by atoms with Gasteiger partial charge in [0.25, 0.3) is 5.91 Å². The third-order valence-electron chi connectivity index (χ3n) is 3.32. The summed E-state index contributed by atoms with van der Waals surface area (Å²) in [4.78, 5) is 11.9. The normalized spacial score (nSPS) is 14.4. The van der Waals surface area contributed by atoms with E-state index in [1.54, 1.807) is 18.3 Å². The Morgan fingerprint density at radius 1 is 1.22 bits per heavy atom. The van der Waals surface area contributed by atoms with E-state index in [-0.39, 0.29) is 11.3 Å². The number of hydrogen-bond acceptors (Lipinski definition) is 5. The average molecular weight is 328 g/mol. The van der Waals surface area contributed by atoms with Gasteiger partial charge in [-0.3, -0.25) is 4.79 Å². The molecule has 2 N–H and O–H groups in total. The van der Waals surface area contributed by atoms with Crippen LogP contribution in [-0.4, -0.2) is 34.8 Å². The van der Waals surface area contributed by atoms with Crippen molar-refractivity contribution in [3.05, 3.63) is 59.7 Å². The number of aromatic hydroxyl groups is 1. The minimum atomic E-state index is -0.457. The molecular weight excluding hydrogens is 312 g/mol. The molecule has 1 aliphatic heterocycles. The number of amides is 1. The molecule has 1 heterocycles. The third kappa shape index (κ3) is 4.04. The van der Waals surface area contributed by atoms with Crippen LogP contribution in [0.1, 0.15) is 15.9 Å². The number of rotatable bonds is 5. The first-order chi connectivity index (χ1) is 11.2. The Bertz CT molecular complexity index is 712. The highest BCUT2D eigenvalue weighted by atomic mass is 32.2. The fourth-order valence-electron chi connectivity index (χ4n) is 2.00. The summed E-state index contributed by atoms with van der Waals surface area (Å²) in [5.74, 6) is 2.40. The smallest absolute Gasteiger partial charge is 0.275 e. The Balaban J connectivity index is 1.55. The molecule has 0 aliphatic carbocycles. The summed E-state index contributed by atoms with van der Waals surface area (Å²) in [5, 5.41) is 13.5. The molecule has 0 bridgehead atoms. The summed E-state index contributed by atoms with van der Waals surface area (Å²) in [6, 6.07) is 13.8. The third-order valence-corrected chi connectivity index (χ3v) is 4.53. The lowest BCUT2D eigenvalue weighted by Crippen LogP contribution is -2.30. The summed E-state index contributed by atoms with van der Waals surface area (Å²) in [6.07, 6.45) is 1.86.